The van der Waals surface area contributed by atoms with Crippen LogP contribution in [0.2, 0.25) is 0 Å². The van der Waals surface area contributed by atoms with Crippen LogP contribution in [0.15, 0.2) is 42.5 Å². The van der Waals surface area contributed by atoms with Gasteiger partial charge in [-0.05, 0) is 25.1 Å². The maximum Gasteiger partial charge on any atom is 0.270 e. The SMILES string of the molecule is CCOc1cccc2sc(NC(=O)c3cccc([N+](=O)[O-])c3)nc12. The summed E-state index contributed by atoms with van der Waals surface area (Å²) in [7, 11) is 0. The number of anilines is 1. The van der Waals surface area contributed by atoms with E-state index < -0.39 is 10.8 Å². The molecule has 0 aliphatic carbocycles. The van der Waals surface area contributed by atoms with E-state index in [0.717, 1.165) is 4.70 Å². The number of hydrogen-bond acceptors (Lipinski definition) is 6. The lowest BCUT2D eigenvalue weighted by atomic mass is 10.2. The molecule has 7 nitrogen and oxygen atoms in total. The largest absolute Gasteiger partial charge is 0.492 e. The smallest absolute Gasteiger partial charge is 0.270 e. The van der Waals surface area contributed by atoms with Crippen LogP contribution in [0.25, 0.3) is 10.2 Å². The molecule has 0 aliphatic heterocycles. The molecule has 1 N–H and O–H groups in total. The minimum atomic E-state index is -0.539. The summed E-state index contributed by atoms with van der Waals surface area (Å²) >= 11 is 1.31. The van der Waals surface area contributed by atoms with Crippen LogP contribution in [-0.4, -0.2) is 22.4 Å². The van der Waals surface area contributed by atoms with Crippen LogP contribution in [0, 0.1) is 10.1 Å². The number of thiazole rings is 1. The number of para-hydroxylation sites is 1. The topological polar surface area (TPSA) is 94.4 Å². The zero-order chi connectivity index (χ0) is 17.1. The van der Waals surface area contributed by atoms with Gasteiger partial charge in [-0.3, -0.25) is 20.2 Å². The maximum atomic E-state index is 12.3. The van der Waals surface area contributed by atoms with Gasteiger partial charge in [-0.25, -0.2) is 4.98 Å². The number of nitrogens with one attached hydrogen (secondary N) is 1. The summed E-state index contributed by atoms with van der Waals surface area (Å²) in [6.45, 7) is 2.40. The molecule has 0 saturated heterocycles. The number of carbonyl (C=O) groups is 1. The Kier molecular flexibility index (Phi) is 4.39. The second-order valence-electron chi connectivity index (χ2n) is 4.82. The molecule has 0 bridgehead atoms. The molecule has 0 radical (unpaired) electrons. The number of hydrogen-bond donors (Lipinski definition) is 1. The second-order valence-corrected chi connectivity index (χ2v) is 5.85. The number of benzene rings is 2. The van der Waals surface area contributed by atoms with Gasteiger partial charge in [0.05, 0.1) is 16.2 Å². The summed E-state index contributed by atoms with van der Waals surface area (Å²) in [5.74, 6) is 0.206. The number of non-ortho nitro benzene ring substituents is 1. The van der Waals surface area contributed by atoms with Gasteiger partial charge in [-0.15, -0.1) is 0 Å². The van der Waals surface area contributed by atoms with Crippen molar-refractivity contribution in [3.63, 3.8) is 0 Å². The molecule has 0 aliphatic rings. The predicted molar refractivity (Wildman–Crippen MR) is 91.8 cm³/mol. The Morgan fingerprint density at radius 3 is 2.88 bits per heavy atom. The molecular weight excluding hydrogens is 330 g/mol. The second kappa shape index (κ2) is 6.63. The van der Waals surface area contributed by atoms with Crippen LogP contribution in [-0.2, 0) is 0 Å². The minimum Gasteiger partial charge on any atom is -0.492 e. The van der Waals surface area contributed by atoms with Crippen LogP contribution in [0.3, 0.4) is 0 Å². The van der Waals surface area contributed by atoms with Crippen LogP contribution in [0.4, 0.5) is 10.8 Å². The van der Waals surface area contributed by atoms with Crippen LogP contribution in [0.5, 0.6) is 5.75 Å². The molecule has 122 valence electrons. The van der Waals surface area contributed by atoms with Crippen molar-refractivity contribution in [1.29, 1.82) is 0 Å². The number of rotatable bonds is 5. The van der Waals surface area contributed by atoms with Crippen molar-refractivity contribution in [2.75, 3.05) is 11.9 Å². The van der Waals surface area contributed by atoms with Crippen LogP contribution < -0.4 is 10.1 Å². The minimum absolute atomic E-state index is 0.134. The van der Waals surface area contributed by atoms with E-state index in [1.165, 1.54) is 35.6 Å². The Morgan fingerprint density at radius 1 is 1.33 bits per heavy atom. The molecule has 0 spiro atoms. The molecule has 0 saturated carbocycles. The predicted octanol–water partition coefficient (Wildman–Crippen LogP) is 3.86. The molecule has 24 heavy (non-hydrogen) atoms. The molecule has 0 atom stereocenters. The zero-order valence-corrected chi connectivity index (χ0v) is 13.5. The number of amides is 1. The Hall–Kier alpha value is -3.00. The van der Waals surface area contributed by atoms with Gasteiger partial charge in [0.1, 0.15) is 11.3 Å². The number of nitrogens with zero attached hydrogens (tertiary/aromatic N) is 2. The quantitative estimate of drug-likeness (QED) is 0.561. The first kappa shape index (κ1) is 15.9. The van der Waals surface area contributed by atoms with Crippen molar-refractivity contribution in [1.82, 2.24) is 4.98 Å². The first-order valence-electron chi connectivity index (χ1n) is 7.16. The summed E-state index contributed by atoms with van der Waals surface area (Å²) < 4.78 is 6.41. The number of nitro groups is 1. The molecule has 1 aromatic heterocycles. The summed E-state index contributed by atoms with van der Waals surface area (Å²) in [5.41, 5.74) is 0.748. The van der Waals surface area contributed by atoms with Gasteiger partial charge in [0.15, 0.2) is 5.13 Å². The van der Waals surface area contributed by atoms with Gasteiger partial charge < -0.3 is 4.74 Å². The van der Waals surface area contributed by atoms with E-state index in [2.05, 4.69) is 10.3 Å². The molecular formula is C16H13N3O4S. The standard InChI is InChI=1S/C16H13N3O4S/c1-2-23-12-7-4-8-13-14(12)17-16(24-13)18-15(20)10-5-3-6-11(9-10)19(21)22/h3-9H,2H2,1H3,(H,17,18,20). The van der Waals surface area contributed by atoms with Crippen LogP contribution >= 0.6 is 11.3 Å². The summed E-state index contributed by atoms with van der Waals surface area (Å²) in [6.07, 6.45) is 0. The first-order valence-corrected chi connectivity index (χ1v) is 7.98. The van der Waals surface area contributed by atoms with Gasteiger partial charge in [-0.1, -0.05) is 23.5 Å². The normalized spacial score (nSPS) is 10.5. The van der Waals surface area contributed by atoms with Crippen molar-refractivity contribution in [3.05, 3.63) is 58.1 Å². The van der Waals surface area contributed by atoms with E-state index >= 15 is 0 Å². The number of nitro benzene ring substituents is 1. The van der Waals surface area contributed by atoms with E-state index in [0.29, 0.717) is 23.0 Å². The van der Waals surface area contributed by atoms with E-state index in [4.69, 9.17) is 4.74 Å². The van der Waals surface area contributed by atoms with Crippen molar-refractivity contribution in [2.24, 2.45) is 0 Å². The number of aromatic nitrogens is 1. The Labute approximate surface area is 141 Å². The third-order valence-electron chi connectivity index (χ3n) is 3.22. The van der Waals surface area contributed by atoms with E-state index in [1.807, 2.05) is 25.1 Å². The molecule has 0 fully saturated rings. The highest BCUT2D eigenvalue weighted by Crippen LogP contribution is 2.32. The molecule has 2 aromatic carbocycles. The average molecular weight is 343 g/mol. The number of fused-ring (bicyclic) bond motifs is 1. The fourth-order valence-electron chi connectivity index (χ4n) is 2.18. The monoisotopic (exact) mass is 343 g/mol. The van der Waals surface area contributed by atoms with Crippen LogP contribution in [0.1, 0.15) is 17.3 Å². The van der Waals surface area contributed by atoms with E-state index in [-0.39, 0.29) is 11.3 Å². The van der Waals surface area contributed by atoms with Gasteiger partial charge in [0.25, 0.3) is 11.6 Å². The van der Waals surface area contributed by atoms with Gasteiger partial charge in [-0.2, -0.15) is 0 Å². The summed E-state index contributed by atoms with van der Waals surface area (Å²) in [5, 5.41) is 13.9. The highest BCUT2D eigenvalue weighted by atomic mass is 32.1. The lowest BCUT2D eigenvalue weighted by Gasteiger charge is -2.02. The molecule has 8 heteroatoms. The van der Waals surface area contributed by atoms with Gasteiger partial charge in [0.2, 0.25) is 0 Å². The first-order chi connectivity index (χ1) is 11.6. The molecule has 1 amide bonds. The Bertz CT molecular complexity index is 923. The fraction of sp³-hybridized carbons (Fsp3) is 0.125. The average Bonchev–Trinajstić information content (AvgIpc) is 2.98. The number of carbonyl (C=O) groups excluding carboxylic acids is 1. The van der Waals surface area contributed by atoms with Gasteiger partial charge >= 0.3 is 0 Å². The lowest BCUT2D eigenvalue weighted by molar-refractivity contribution is -0.384. The molecule has 1 heterocycles. The highest BCUT2D eigenvalue weighted by molar-refractivity contribution is 7.22. The summed E-state index contributed by atoms with van der Waals surface area (Å²) in [6, 6.07) is 11.1. The van der Waals surface area contributed by atoms with Crippen molar-refractivity contribution < 1.29 is 14.5 Å². The summed E-state index contributed by atoms with van der Waals surface area (Å²) in [4.78, 5) is 26.9. The Morgan fingerprint density at radius 2 is 2.12 bits per heavy atom. The van der Waals surface area contributed by atoms with Crippen molar-refractivity contribution >= 4 is 38.3 Å². The highest BCUT2D eigenvalue weighted by Gasteiger charge is 2.14. The number of ether oxygens (including phenoxy) is 1. The molecule has 3 aromatic rings. The maximum absolute atomic E-state index is 12.3. The third kappa shape index (κ3) is 3.18. The Balaban J connectivity index is 1.87. The van der Waals surface area contributed by atoms with Crippen molar-refractivity contribution in [3.8, 4) is 5.75 Å². The zero-order valence-electron chi connectivity index (χ0n) is 12.7. The third-order valence-corrected chi connectivity index (χ3v) is 4.16. The molecule has 0 unspecified atom stereocenters. The lowest BCUT2D eigenvalue weighted by Crippen LogP contribution is -2.11. The van der Waals surface area contributed by atoms with Crippen molar-refractivity contribution in [2.45, 2.75) is 6.92 Å². The fourth-order valence-corrected chi connectivity index (χ4v) is 3.06. The van der Waals surface area contributed by atoms with E-state index in [9.17, 15) is 14.9 Å². The van der Waals surface area contributed by atoms with E-state index in [1.54, 1.807) is 0 Å². The van der Waals surface area contributed by atoms with Gasteiger partial charge in [0, 0.05) is 17.7 Å². The molecule has 3 rings (SSSR count).